The third-order valence-electron chi connectivity index (χ3n) is 6.76. The maximum Gasteiger partial charge on any atom is 0.407 e. The fourth-order valence-corrected chi connectivity index (χ4v) is 4.82. The quantitative estimate of drug-likeness (QED) is 0.444. The van der Waals surface area contributed by atoms with E-state index in [1.165, 1.54) is 22.3 Å². The highest BCUT2D eigenvalue weighted by molar-refractivity contribution is 5.79. The van der Waals surface area contributed by atoms with Crippen molar-refractivity contribution in [3.63, 3.8) is 0 Å². The van der Waals surface area contributed by atoms with Crippen LogP contribution in [0.3, 0.4) is 0 Å². The molecule has 0 bridgehead atoms. The number of alkyl carbamates (subject to hydrolysis) is 1. The Hall–Kier alpha value is -3.35. The predicted octanol–water partition coefficient (Wildman–Crippen LogP) is 5.04. The lowest BCUT2D eigenvalue weighted by atomic mass is 9.98. The fourth-order valence-electron chi connectivity index (χ4n) is 4.82. The van der Waals surface area contributed by atoms with Crippen LogP contribution >= 0.6 is 0 Å². The van der Waals surface area contributed by atoms with Crippen molar-refractivity contribution in [1.29, 1.82) is 0 Å². The lowest BCUT2D eigenvalue weighted by molar-refractivity contribution is -0.140. The molecule has 0 saturated carbocycles. The number of benzene rings is 2. The Morgan fingerprint density at radius 1 is 1.00 bits per heavy atom. The Balaban J connectivity index is 1.39. The molecule has 2 aromatic carbocycles. The SMILES string of the molecule is CCN(C(=O)CCC(C)CCNC(=O)OCC1c2ccccc2-c2ccccc21)C(C)CC(=O)O. The van der Waals surface area contributed by atoms with Gasteiger partial charge in [-0.1, -0.05) is 55.5 Å². The maximum atomic E-state index is 12.5. The average Bonchev–Trinajstić information content (AvgIpc) is 3.15. The van der Waals surface area contributed by atoms with Crippen LogP contribution in [0, 0.1) is 5.92 Å². The number of nitrogens with one attached hydrogen (secondary N) is 1. The van der Waals surface area contributed by atoms with E-state index in [9.17, 15) is 14.4 Å². The minimum absolute atomic E-state index is 0.0300. The van der Waals surface area contributed by atoms with Gasteiger partial charge >= 0.3 is 12.1 Å². The molecule has 7 nitrogen and oxygen atoms in total. The smallest absolute Gasteiger partial charge is 0.407 e. The molecule has 1 aliphatic carbocycles. The van der Waals surface area contributed by atoms with Crippen LogP contribution < -0.4 is 5.32 Å². The van der Waals surface area contributed by atoms with Gasteiger partial charge < -0.3 is 20.1 Å². The first-order chi connectivity index (χ1) is 16.8. The number of amides is 2. The summed E-state index contributed by atoms with van der Waals surface area (Å²) in [5, 5.41) is 11.8. The molecule has 2 aromatic rings. The van der Waals surface area contributed by atoms with Crippen LogP contribution in [0.4, 0.5) is 4.79 Å². The van der Waals surface area contributed by atoms with Crippen molar-refractivity contribution in [2.75, 3.05) is 19.7 Å². The number of aliphatic carboxylic acids is 1. The number of nitrogens with zero attached hydrogens (tertiary/aromatic N) is 1. The number of carboxylic acid groups (broad SMARTS) is 1. The van der Waals surface area contributed by atoms with E-state index in [0.29, 0.717) is 25.9 Å². The molecule has 188 valence electrons. The lowest BCUT2D eigenvalue weighted by Crippen LogP contribution is -2.39. The fraction of sp³-hybridized carbons (Fsp3) is 0.464. The van der Waals surface area contributed by atoms with E-state index in [4.69, 9.17) is 9.84 Å². The van der Waals surface area contributed by atoms with Gasteiger partial charge in [-0.15, -0.1) is 0 Å². The second-order valence-electron chi connectivity index (χ2n) is 9.31. The summed E-state index contributed by atoms with van der Waals surface area (Å²) in [5.74, 6) is -0.668. The molecule has 2 unspecified atom stereocenters. The second-order valence-corrected chi connectivity index (χ2v) is 9.31. The standard InChI is InChI=1S/C28H36N2O5/c1-4-30(20(3)17-27(32)33)26(31)14-13-19(2)15-16-29-28(34)35-18-25-23-11-7-5-9-21(23)22-10-6-8-12-24(22)25/h5-12,19-20,25H,4,13-18H2,1-3H3,(H,29,34)(H,32,33). The monoisotopic (exact) mass is 480 g/mol. The Bertz CT molecular complexity index is 992. The number of rotatable bonds is 12. The van der Waals surface area contributed by atoms with Gasteiger partial charge in [0.1, 0.15) is 6.61 Å². The molecule has 35 heavy (non-hydrogen) atoms. The number of fused-ring (bicyclic) bond motifs is 3. The summed E-state index contributed by atoms with van der Waals surface area (Å²) in [6.07, 6.45) is 1.29. The molecule has 0 aliphatic heterocycles. The molecule has 2 N–H and O–H groups in total. The zero-order valence-electron chi connectivity index (χ0n) is 20.8. The van der Waals surface area contributed by atoms with Gasteiger partial charge in [0.05, 0.1) is 6.42 Å². The van der Waals surface area contributed by atoms with Gasteiger partial charge in [0.15, 0.2) is 0 Å². The largest absolute Gasteiger partial charge is 0.481 e. The first-order valence-electron chi connectivity index (χ1n) is 12.4. The molecule has 0 radical (unpaired) electrons. The summed E-state index contributed by atoms with van der Waals surface area (Å²) in [4.78, 5) is 37.4. The maximum absolute atomic E-state index is 12.5. The van der Waals surface area contributed by atoms with Crippen LogP contribution in [0.1, 0.15) is 63.5 Å². The molecule has 0 heterocycles. The molecule has 1 aliphatic rings. The minimum atomic E-state index is -0.906. The van der Waals surface area contributed by atoms with E-state index in [1.54, 1.807) is 11.8 Å². The van der Waals surface area contributed by atoms with E-state index < -0.39 is 12.1 Å². The van der Waals surface area contributed by atoms with Crippen LogP contribution in [0.25, 0.3) is 11.1 Å². The van der Waals surface area contributed by atoms with Gasteiger partial charge in [-0.2, -0.15) is 0 Å². The molecule has 2 amide bonds. The van der Waals surface area contributed by atoms with E-state index >= 15 is 0 Å². The lowest BCUT2D eigenvalue weighted by Gasteiger charge is -2.27. The number of carbonyl (C=O) groups is 3. The highest BCUT2D eigenvalue weighted by Gasteiger charge is 2.29. The zero-order valence-corrected chi connectivity index (χ0v) is 20.8. The van der Waals surface area contributed by atoms with Gasteiger partial charge in [-0.05, 0) is 54.9 Å². The van der Waals surface area contributed by atoms with Crippen molar-refractivity contribution < 1.29 is 24.2 Å². The van der Waals surface area contributed by atoms with Gasteiger partial charge in [0.2, 0.25) is 5.91 Å². The minimum Gasteiger partial charge on any atom is -0.481 e. The van der Waals surface area contributed by atoms with Crippen LogP contribution in [0.15, 0.2) is 48.5 Å². The summed E-state index contributed by atoms with van der Waals surface area (Å²) in [6.45, 7) is 6.91. The van der Waals surface area contributed by atoms with Gasteiger partial charge in [0, 0.05) is 31.5 Å². The van der Waals surface area contributed by atoms with Crippen LogP contribution in [-0.2, 0) is 14.3 Å². The summed E-state index contributed by atoms with van der Waals surface area (Å²) < 4.78 is 5.56. The topological polar surface area (TPSA) is 95.9 Å². The summed E-state index contributed by atoms with van der Waals surface area (Å²) in [7, 11) is 0. The first-order valence-corrected chi connectivity index (χ1v) is 12.4. The first kappa shape index (κ1) is 26.3. The van der Waals surface area contributed by atoms with Crippen LogP contribution in [0.2, 0.25) is 0 Å². The Morgan fingerprint density at radius 2 is 1.60 bits per heavy atom. The van der Waals surface area contributed by atoms with Crippen LogP contribution in [-0.4, -0.2) is 53.7 Å². The second kappa shape index (κ2) is 12.4. The van der Waals surface area contributed by atoms with E-state index in [2.05, 4.69) is 29.6 Å². The molecule has 3 rings (SSSR count). The van der Waals surface area contributed by atoms with Crippen molar-refractivity contribution in [3.8, 4) is 11.1 Å². The van der Waals surface area contributed by atoms with Gasteiger partial charge in [-0.3, -0.25) is 9.59 Å². The molecule has 2 atom stereocenters. The molecule has 0 fully saturated rings. The number of ether oxygens (including phenoxy) is 1. The van der Waals surface area contributed by atoms with E-state index in [0.717, 1.165) is 6.42 Å². The highest BCUT2D eigenvalue weighted by atomic mass is 16.5. The average molecular weight is 481 g/mol. The van der Waals surface area contributed by atoms with Crippen molar-refractivity contribution in [1.82, 2.24) is 10.2 Å². The summed E-state index contributed by atoms with van der Waals surface area (Å²) in [5.41, 5.74) is 4.75. The third-order valence-corrected chi connectivity index (χ3v) is 6.76. The molecular weight excluding hydrogens is 444 g/mol. The zero-order chi connectivity index (χ0) is 25.4. The highest BCUT2D eigenvalue weighted by Crippen LogP contribution is 2.44. The van der Waals surface area contributed by atoms with Gasteiger partial charge in [-0.25, -0.2) is 4.79 Å². The summed E-state index contributed by atoms with van der Waals surface area (Å²) >= 11 is 0. The molecular formula is C28H36N2O5. The summed E-state index contributed by atoms with van der Waals surface area (Å²) in [6, 6.07) is 16.1. The van der Waals surface area contributed by atoms with E-state index in [-0.39, 0.29) is 36.8 Å². The van der Waals surface area contributed by atoms with Crippen molar-refractivity contribution in [2.24, 2.45) is 5.92 Å². The Kier molecular flexibility index (Phi) is 9.29. The van der Waals surface area contributed by atoms with Crippen molar-refractivity contribution in [3.05, 3.63) is 59.7 Å². The van der Waals surface area contributed by atoms with Crippen molar-refractivity contribution in [2.45, 2.75) is 58.4 Å². The Morgan fingerprint density at radius 3 is 2.17 bits per heavy atom. The number of hydrogen-bond acceptors (Lipinski definition) is 4. The molecule has 0 saturated heterocycles. The molecule has 0 aromatic heterocycles. The molecule has 0 spiro atoms. The third kappa shape index (κ3) is 6.84. The van der Waals surface area contributed by atoms with Gasteiger partial charge in [0.25, 0.3) is 0 Å². The normalized spacial score (nSPS) is 13.9. The van der Waals surface area contributed by atoms with E-state index in [1.807, 2.05) is 38.1 Å². The number of carboxylic acids is 1. The van der Waals surface area contributed by atoms with Crippen molar-refractivity contribution >= 4 is 18.0 Å². The predicted molar refractivity (Wildman–Crippen MR) is 135 cm³/mol. The number of hydrogen-bond donors (Lipinski definition) is 2. The Labute approximate surface area is 207 Å². The molecule has 7 heteroatoms. The van der Waals surface area contributed by atoms with Crippen LogP contribution in [0.5, 0.6) is 0 Å². The number of carbonyl (C=O) groups excluding carboxylic acids is 2.